The number of pyridine rings is 1. The lowest BCUT2D eigenvalue weighted by atomic mass is 10.0. The van der Waals surface area contributed by atoms with Crippen molar-refractivity contribution in [2.24, 2.45) is 0 Å². The average Bonchev–Trinajstić information content (AvgIpc) is 3.26. The molecule has 0 spiro atoms. The van der Waals surface area contributed by atoms with Gasteiger partial charge in [-0.05, 0) is 53.9 Å². The van der Waals surface area contributed by atoms with E-state index in [4.69, 9.17) is 17.3 Å². The fourth-order valence-electron chi connectivity index (χ4n) is 4.59. The number of carbonyl (C=O) groups excluding carboxylic acids is 1. The summed E-state index contributed by atoms with van der Waals surface area (Å²) in [7, 11) is 0. The third-order valence-corrected chi connectivity index (χ3v) is 6.59. The zero-order chi connectivity index (χ0) is 25.6. The number of nitrogens with zero attached hydrogens (tertiary/aromatic N) is 5. The van der Waals surface area contributed by atoms with Gasteiger partial charge in [0.05, 0.1) is 30.4 Å². The maximum Gasteiger partial charge on any atom is 0.416 e. The van der Waals surface area contributed by atoms with E-state index in [2.05, 4.69) is 20.3 Å². The molecule has 0 bridgehead atoms. The number of carbonyl (C=O) groups is 1. The number of nitrogen functional groups attached to an aromatic ring is 1. The predicted octanol–water partition coefficient (Wildman–Crippen LogP) is 4.79. The minimum Gasteiger partial charge on any atom is -0.399 e. The van der Waals surface area contributed by atoms with Crippen molar-refractivity contribution in [2.45, 2.75) is 45.2 Å². The number of hydrogen-bond donors (Lipinski definition) is 2. The van der Waals surface area contributed by atoms with Crippen molar-refractivity contribution in [2.75, 3.05) is 17.6 Å². The van der Waals surface area contributed by atoms with Gasteiger partial charge in [0, 0.05) is 42.7 Å². The first-order valence-corrected chi connectivity index (χ1v) is 11.7. The maximum absolute atomic E-state index is 13.3. The van der Waals surface area contributed by atoms with Crippen LogP contribution in [0.3, 0.4) is 0 Å². The summed E-state index contributed by atoms with van der Waals surface area (Å²) in [4.78, 5) is 29.7. The molecule has 8 nitrogen and oxygen atoms in total. The van der Waals surface area contributed by atoms with Gasteiger partial charge in [0.25, 0.3) is 0 Å². The number of nitrogens with one attached hydrogen (secondary N) is 1. The van der Waals surface area contributed by atoms with Crippen LogP contribution in [0, 0.1) is 0 Å². The highest BCUT2D eigenvalue weighted by Gasteiger charge is 2.34. The lowest BCUT2D eigenvalue weighted by Crippen LogP contribution is -2.43. The van der Waals surface area contributed by atoms with Gasteiger partial charge in [-0.1, -0.05) is 6.07 Å². The Bertz CT molecular complexity index is 1330. The summed E-state index contributed by atoms with van der Waals surface area (Å²) in [6, 6.07) is 6.55. The van der Waals surface area contributed by atoms with E-state index in [1.165, 1.54) is 6.07 Å². The summed E-state index contributed by atoms with van der Waals surface area (Å²) in [5.41, 5.74) is 8.55. The fraction of sp³-hybridized carbons (Fsp3) is 0.333. The van der Waals surface area contributed by atoms with Crippen LogP contribution in [0.15, 0.2) is 36.5 Å². The van der Waals surface area contributed by atoms with Crippen LogP contribution in [-0.2, 0) is 32.2 Å². The normalized spacial score (nSPS) is 15.9. The molecule has 12 heteroatoms. The lowest BCUT2D eigenvalue weighted by molar-refractivity contribution is -0.137. The summed E-state index contributed by atoms with van der Waals surface area (Å²) in [6.45, 7) is 3.24. The van der Waals surface area contributed by atoms with Gasteiger partial charge in [-0.25, -0.2) is 14.8 Å². The lowest BCUT2D eigenvalue weighted by Gasteiger charge is -2.31. The quantitative estimate of drug-likeness (QED) is 0.382. The molecule has 1 aromatic carbocycles. The predicted molar refractivity (Wildman–Crippen MR) is 128 cm³/mol. The Morgan fingerprint density at radius 3 is 2.72 bits per heavy atom. The van der Waals surface area contributed by atoms with Crippen LogP contribution in [0.5, 0.6) is 0 Å². The van der Waals surface area contributed by atoms with Crippen molar-refractivity contribution in [1.82, 2.24) is 24.8 Å². The summed E-state index contributed by atoms with van der Waals surface area (Å²) in [6.07, 6.45) is -2.09. The second-order valence-electron chi connectivity index (χ2n) is 8.94. The van der Waals surface area contributed by atoms with Crippen molar-refractivity contribution in [3.05, 3.63) is 75.5 Å². The number of aromatic nitrogens is 3. The van der Waals surface area contributed by atoms with Crippen molar-refractivity contribution < 1.29 is 18.0 Å². The standard InChI is InChI=1S/C24H23ClF3N7O/c1-13(15-7-16(24(26,27)28)9-17(29)8-15)31-21-18-11-35(12-20(18)32-22(25)33-21)23(36)34-6-4-19-14(10-34)3-2-5-30-19/h2-3,5,7-9,13H,4,6,10-12,29H2,1H3,(H,31,32,33)/t13-/m1/s1. The zero-order valence-corrected chi connectivity index (χ0v) is 20.1. The van der Waals surface area contributed by atoms with Crippen LogP contribution in [-0.4, -0.2) is 37.3 Å². The fourth-order valence-corrected chi connectivity index (χ4v) is 4.77. The number of amides is 2. The Hall–Kier alpha value is -3.60. The van der Waals surface area contributed by atoms with Gasteiger partial charge >= 0.3 is 12.2 Å². The first-order chi connectivity index (χ1) is 17.1. The molecule has 188 valence electrons. The maximum atomic E-state index is 13.3. The summed E-state index contributed by atoms with van der Waals surface area (Å²) < 4.78 is 39.8. The first-order valence-electron chi connectivity index (χ1n) is 11.3. The molecule has 0 fully saturated rings. The number of urea groups is 1. The van der Waals surface area contributed by atoms with E-state index in [0.29, 0.717) is 42.1 Å². The Morgan fingerprint density at radius 2 is 1.94 bits per heavy atom. The number of anilines is 2. The summed E-state index contributed by atoms with van der Waals surface area (Å²) in [5.74, 6) is 0.372. The van der Waals surface area contributed by atoms with Gasteiger partial charge in [0.1, 0.15) is 5.82 Å². The number of hydrogen-bond acceptors (Lipinski definition) is 6. The Morgan fingerprint density at radius 1 is 1.14 bits per heavy atom. The van der Waals surface area contributed by atoms with E-state index >= 15 is 0 Å². The molecule has 2 aliphatic rings. The largest absolute Gasteiger partial charge is 0.416 e. The molecule has 36 heavy (non-hydrogen) atoms. The van der Waals surface area contributed by atoms with Gasteiger partial charge in [-0.15, -0.1) is 0 Å². The molecule has 0 radical (unpaired) electrons. The van der Waals surface area contributed by atoms with E-state index < -0.39 is 17.8 Å². The number of rotatable bonds is 3. The van der Waals surface area contributed by atoms with Gasteiger partial charge in [0.15, 0.2) is 0 Å². The summed E-state index contributed by atoms with van der Waals surface area (Å²) >= 11 is 6.15. The second-order valence-corrected chi connectivity index (χ2v) is 9.28. The molecule has 3 aromatic rings. The second kappa shape index (κ2) is 9.12. The third kappa shape index (κ3) is 4.75. The number of alkyl halides is 3. The van der Waals surface area contributed by atoms with Crippen molar-refractivity contribution in [1.29, 1.82) is 0 Å². The van der Waals surface area contributed by atoms with Gasteiger partial charge in [-0.3, -0.25) is 4.98 Å². The van der Waals surface area contributed by atoms with E-state index in [9.17, 15) is 18.0 Å². The van der Waals surface area contributed by atoms with E-state index in [1.54, 1.807) is 22.9 Å². The van der Waals surface area contributed by atoms with Crippen LogP contribution in [0.4, 0.5) is 29.5 Å². The highest BCUT2D eigenvalue weighted by molar-refractivity contribution is 6.28. The Balaban J connectivity index is 1.35. The van der Waals surface area contributed by atoms with E-state index in [0.717, 1.165) is 23.4 Å². The van der Waals surface area contributed by atoms with Crippen LogP contribution in [0.1, 0.15) is 46.6 Å². The molecule has 2 aliphatic heterocycles. The molecular formula is C24H23ClF3N7O. The van der Waals surface area contributed by atoms with Crippen LogP contribution < -0.4 is 11.1 Å². The van der Waals surface area contributed by atoms with Crippen molar-refractivity contribution in [3.8, 4) is 0 Å². The third-order valence-electron chi connectivity index (χ3n) is 6.42. The highest BCUT2D eigenvalue weighted by Crippen LogP contribution is 2.35. The van der Waals surface area contributed by atoms with Gasteiger partial charge < -0.3 is 20.9 Å². The molecule has 0 aliphatic carbocycles. The van der Waals surface area contributed by atoms with Gasteiger partial charge in [-0.2, -0.15) is 13.2 Å². The van der Waals surface area contributed by atoms with Crippen LogP contribution in [0.25, 0.3) is 0 Å². The molecule has 2 amide bonds. The molecule has 0 saturated heterocycles. The van der Waals surface area contributed by atoms with Crippen LogP contribution in [0.2, 0.25) is 5.28 Å². The molecule has 2 aromatic heterocycles. The van der Waals surface area contributed by atoms with Crippen molar-refractivity contribution >= 4 is 29.1 Å². The zero-order valence-electron chi connectivity index (χ0n) is 19.3. The molecule has 0 saturated carbocycles. The molecule has 5 rings (SSSR count). The van der Waals surface area contributed by atoms with Gasteiger partial charge in [0.2, 0.25) is 5.28 Å². The molecule has 1 atom stereocenters. The minimum absolute atomic E-state index is 0.00880. The monoisotopic (exact) mass is 517 g/mol. The topological polar surface area (TPSA) is 100 Å². The van der Waals surface area contributed by atoms with E-state index in [1.807, 2.05) is 12.1 Å². The SMILES string of the molecule is C[C@@H](Nc1nc(Cl)nc2c1CN(C(=O)N1CCc3ncccc3C1)C2)c1cc(N)cc(C(F)(F)F)c1. The molecule has 0 unspecified atom stereocenters. The number of fused-ring (bicyclic) bond motifs is 2. The molecular weight excluding hydrogens is 495 g/mol. The highest BCUT2D eigenvalue weighted by atomic mass is 35.5. The van der Waals surface area contributed by atoms with Crippen LogP contribution >= 0.6 is 11.6 Å². The molecule has 3 N–H and O–H groups in total. The Labute approximate surface area is 210 Å². The average molecular weight is 518 g/mol. The first kappa shape index (κ1) is 24.1. The number of benzene rings is 1. The number of halogens is 4. The summed E-state index contributed by atoms with van der Waals surface area (Å²) in [5, 5.41) is 3.12. The minimum atomic E-state index is -4.52. The molecule has 4 heterocycles. The smallest absolute Gasteiger partial charge is 0.399 e. The Kier molecular flexibility index (Phi) is 6.11. The number of nitrogens with two attached hydrogens (primary N) is 1. The van der Waals surface area contributed by atoms with E-state index in [-0.39, 0.29) is 30.1 Å². The van der Waals surface area contributed by atoms with Crippen molar-refractivity contribution in [3.63, 3.8) is 0 Å².